The van der Waals surface area contributed by atoms with Gasteiger partial charge >= 0.3 is 0 Å². The molecule has 0 aliphatic heterocycles. The molecule has 0 spiro atoms. The van der Waals surface area contributed by atoms with Crippen molar-refractivity contribution in [1.82, 2.24) is 20.3 Å². The maximum atomic E-state index is 12.6. The minimum Gasteiger partial charge on any atom is -0.342 e. The predicted octanol–water partition coefficient (Wildman–Crippen LogP) is 3.67. The number of unbranched alkanes of at least 4 members (excludes halogenated alkanes) is 3. The number of hydroxylamine groups is 1. The minimum atomic E-state index is -0.368. The normalized spacial score (nSPS) is 10.6. The zero-order chi connectivity index (χ0) is 22.1. The van der Waals surface area contributed by atoms with Gasteiger partial charge in [0, 0.05) is 38.1 Å². The first-order valence-corrected chi connectivity index (χ1v) is 10.2. The van der Waals surface area contributed by atoms with Crippen molar-refractivity contribution in [3.05, 3.63) is 46.8 Å². The van der Waals surface area contributed by atoms with Crippen molar-refractivity contribution >= 4 is 23.5 Å². The fraction of sp³-hybridized carbons (Fsp3) is 0.455. The van der Waals surface area contributed by atoms with E-state index >= 15 is 0 Å². The number of amides is 2. The maximum Gasteiger partial charge on any atom is 0.256 e. The Morgan fingerprint density at radius 2 is 1.60 bits per heavy atom. The summed E-state index contributed by atoms with van der Waals surface area (Å²) >= 11 is 0. The van der Waals surface area contributed by atoms with Crippen LogP contribution in [0.3, 0.4) is 0 Å². The van der Waals surface area contributed by atoms with E-state index in [9.17, 15) is 9.59 Å². The molecule has 0 aliphatic rings. The quantitative estimate of drug-likeness (QED) is 0.312. The van der Waals surface area contributed by atoms with E-state index in [-0.39, 0.29) is 11.8 Å². The number of aromatic nitrogens is 2. The van der Waals surface area contributed by atoms with Crippen LogP contribution in [0.5, 0.6) is 0 Å². The van der Waals surface area contributed by atoms with Crippen LogP contribution in [0.4, 0.5) is 11.6 Å². The van der Waals surface area contributed by atoms with Crippen molar-refractivity contribution in [3.63, 3.8) is 0 Å². The predicted molar refractivity (Wildman–Crippen MR) is 116 cm³/mol. The molecule has 2 amide bonds. The highest BCUT2D eigenvalue weighted by Gasteiger charge is 2.13. The van der Waals surface area contributed by atoms with Gasteiger partial charge in [-0.25, -0.2) is 15.4 Å². The topological polar surface area (TPSA) is 107 Å². The van der Waals surface area contributed by atoms with Crippen molar-refractivity contribution in [2.24, 2.45) is 0 Å². The molecular formula is C22H31N5O3. The lowest BCUT2D eigenvalue weighted by Gasteiger charge is -2.17. The molecule has 0 saturated carbocycles. The van der Waals surface area contributed by atoms with Gasteiger partial charge in [0.2, 0.25) is 11.9 Å². The van der Waals surface area contributed by atoms with Crippen molar-refractivity contribution in [2.75, 3.05) is 18.9 Å². The third-order valence-electron chi connectivity index (χ3n) is 4.93. The Morgan fingerprint density at radius 3 is 2.20 bits per heavy atom. The lowest BCUT2D eigenvalue weighted by atomic mass is 10.1. The molecule has 1 heterocycles. The van der Waals surface area contributed by atoms with Crippen LogP contribution in [0.15, 0.2) is 24.5 Å². The molecule has 0 radical (unpaired) electrons. The lowest BCUT2D eigenvalue weighted by Crippen LogP contribution is -2.28. The molecule has 1 aromatic carbocycles. The Morgan fingerprint density at radius 1 is 1.00 bits per heavy atom. The van der Waals surface area contributed by atoms with E-state index in [4.69, 9.17) is 5.21 Å². The fourth-order valence-corrected chi connectivity index (χ4v) is 3.36. The number of hydrogen-bond donors (Lipinski definition) is 3. The highest BCUT2D eigenvalue weighted by atomic mass is 16.5. The van der Waals surface area contributed by atoms with Gasteiger partial charge in [-0.05, 0) is 44.7 Å². The number of anilines is 2. The second-order valence-corrected chi connectivity index (χ2v) is 7.62. The van der Waals surface area contributed by atoms with Gasteiger partial charge in [0.05, 0.1) is 5.56 Å². The summed E-state index contributed by atoms with van der Waals surface area (Å²) in [6.07, 6.45) is 6.73. The first-order chi connectivity index (χ1) is 14.3. The molecule has 1 aromatic heterocycles. The van der Waals surface area contributed by atoms with E-state index in [0.29, 0.717) is 30.9 Å². The highest BCUT2D eigenvalue weighted by molar-refractivity contribution is 5.93. The third-order valence-corrected chi connectivity index (χ3v) is 4.93. The fourth-order valence-electron chi connectivity index (χ4n) is 3.36. The molecule has 30 heavy (non-hydrogen) atoms. The summed E-state index contributed by atoms with van der Waals surface area (Å²) in [5.41, 5.74) is 6.49. The second-order valence-electron chi connectivity index (χ2n) is 7.62. The van der Waals surface area contributed by atoms with Crippen LogP contribution in [0.1, 0.15) is 59.2 Å². The zero-order valence-corrected chi connectivity index (χ0v) is 18.2. The Balaban J connectivity index is 1.84. The molecule has 0 atom stereocenters. The van der Waals surface area contributed by atoms with E-state index in [1.54, 1.807) is 29.8 Å². The monoisotopic (exact) mass is 413 g/mol. The number of carbonyl (C=O) groups is 2. The van der Waals surface area contributed by atoms with Gasteiger partial charge in [-0.2, -0.15) is 0 Å². The molecule has 0 aliphatic carbocycles. The van der Waals surface area contributed by atoms with Crippen LogP contribution in [0, 0.1) is 20.8 Å². The van der Waals surface area contributed by atoms with Crippen molar-refractivity contribution in [2.45, 2.75) is 52.9 Å². The summed E-state index contributed by atoms with van der Waals surface area (Å²) in [5.74, 6) is -0.0343. The molecule has 2 aromatic rings. The average Bonchev–Trinajstić information content (AvgIpc) is 2.72. The van der Waals surface area contributed by atoms with Crippen LogP contribution in [0.2, 0.25) is 0 Å². The first kappa shape index (κ1) is 23.3. The summed E-state index contributed by atoms with van der Waals surface area (Å²) in [5, 5.41) is 11.7. The van der Waals surface area contributed by atoms with Gasteiger partial charge in [-0.15, -0.1) is 0 Å². The van der Waals surface area contributed by atoms with Crippen molar-refractivity contribution in [3.8, 4) is 0 Å². The molecule has 0 saturated heterocycles. The number of aryl methyl sites for hydroxylation is 3. The Kier molecular flexibility index (Phi) is 8.73. The zero-order valence-electron chi connectivity index (χ0n) is 18.2. The SMILES string of the molecule is Cc1cc(C)c(Nc2ncc(C(=O)N(C)CCCCCCC(=O)NO)cn2)c(C)c1. The molecule has 0 unspecified atom stereocenters. The van der Waals surface area contributed by atoms with E-state index in [0.717, 1.165) is 36.1 Å². The number of carbonyl (C=O) groups excluding carboxylic acids is 2. The van der Waals surface area contributed by atoms with Crippen molar-refractivity contribution in [1.29, 1.82) is 0 Å². The molecule has 2 rings (SSSR count). The molecular weight excluding hydrogens is 382 g/mol. The number of nitrogens with one attached hydrogen (secondary N) is 2. The van der Waals surface area contributed by atoms with E-state index < -0.39 is 0 Å². The molecule has 162 valence electrons. The minimum absolute atomic E-state index is 0.121. The van der Waals surface area contributed by atoms with Gasteiger partial charge in [-0.3, -0.25) is 14.8 Å². The smallest absolute Gasteiger partial charge is 0.256 e. The van der Waals surface area contributed by atoms with E-state index in [1.807, 2.05) is 13.8 Å². The largest absolute Gasteiger partial charge is 0.342 e. The molecule has 8 heteroatoms. The van der Waals surface area contributed by atoms with Gasteiger partial charge in [0.1, 0.15) is 0 Å². The third kappa shape index (κ3) is 6.81. The van der Waals surface area contributed by atoms with Crippen LogP contribution in [0.25, 0.3) is 0 Å². The lowest BCUT2D eigenvalue weighted by molar-refractivity contribution is -0.129. The maximum absolute atomic E-state index is 12.6. The summed E-state index contributed by atoms with van der Waals surface area (Å²) in [4.78, 5) is 33.7. The van der Waals surface area contributed by atoms with Crippen LogP contribution in [-0.4, -0.2) is 45.5 Å². The van der Waals surface area contributed by atoms with E-state index in [1.165, 1.54) is 5.56 Å². The summed E-state index contributed by atoms with van der Waals surface area (Å²) < 4.78 is 0. The molecule has 8 nitrogen and oxygen atoms in total. The van der Waals surface area contributed by atoms with Gasteiger partial charge in [0.15, 0.2) is 0 Å². The molecule has 3 N–H and O–H groups in total. The number of nitrogens with zero attached hydrogens (tertiary/aromatic N) is 3. The number of rotatable bonds is 10. The summed E-state index contributed by atoms with van der Waals surface area (Å²) in [6.45, 7) is 6.76. The highest BCUT2D eigenvalue weighted by Crippen LogP contribution is 2.24. The van der Waals surface area contributed by atoms with Gasteiger partial charge < -0.3 is 10.2 Å². The van der Waals surface area contributed by atoms with Gasteiger partial charge in [0.25, 0.3) is 5.91 Å². The Hall–Kier alpha value is -3.00. The van der Waals surface area contributed by atoms with Crippen LogP contribution < -0.4 is 10.8 Å². The standard InChI is InChI=1S/C22H31N5O3/c1-15-11-16(2)20(17(3)12-15)25-22-23-13-18(14-24-22)21(29)27(4)10-8-6-5-7-9-19(28)26-30/h11-14,30H,5-10H2,1-4H3,(H,26,28)(H,23,24,25). The Bertz CT molecular complexity index is 845. The van der Waals surface area contributed by atoms with Crippen molar-refractivity contribution < 1.29 is 14.8 Å². The summed E-state index contributed by atoms with van der Waals surface area (Å²) in [7, 11) is 1.76. The second kappa shape index (κ2) is 11.3. The van der Waals surface area contributed by atoms with Crippen LogP contribution in [-0.2, 0) is 4.79 Å². The van der Waals surface area contributed by atoms with Gasteiger partial charge in [-0.1, -0.05) is 30.5 Å². The summed E-state index contributed by atoms with van der Waals surface area (Å²) in [6, 6.07) is 4.20. The number of hydrogen-bond acceptors (Lipinski definition) is 6. The Labute approximate surface area is 177 Å². The van der Waals surface area contributed by atoms with Crippen LogP contribution >= 0.6 is 0 Å². The number of benzene rings is 1. The van der Waals surface area contributed by atoms with E-state index in [2.05, 4.69) is 34.3 Å². The molecule has 0 fully saturated rings. The molecule has 0 bridgehead atoms. The first-order valence-electron chi connectivity index (χ1n) is 10.2. The average molecular weight is 414 g/mol.